The summed E-state index contributed by atoms with van der Waals surface area (Å²) in [5.74, 6) is 2.66. The second kappa shape index (κ2) is 18.1. The van der Waals surface area contributed by atoms with Crippen molar-refractivity contribution >= 4 is 83.3 Å². The zero-order valence-electron chi connectivity index (χ0n) is 40.5. The van der Waals surface area contributed by atoms with Crippen molar-refractivity contribution in [3.05, 3.63) is 175 Å². The molecule has 348 valence electrons. The molecule has 0 amide bonds. The zero-order chi connectivity index (χ0) is 46.7. The summed E-state index contributed by atoms with van der Waals surface area (Å²) in [6.07, 6.45) is 46.7. The van der Waals surface area contributed by atoms with Gasteiger partial charge in [0.2, 0.25) is 0 Å². The summed E-state index contributed by atoms with van der Waals surface area (Å²) in [5.41, 5.74) is 11.9. The fraction of sp³-hybridized carbons (Fsp3) is 0.323. The molecular weight excluding hydrogens is 853 g/mol. The standard InChI is InChI=1S/C65H62N4O/c1-42-21-15-18-32-56(42)68-57-33-19-16-30-49(57)50-35-36-52-51-37-38-59-60(63(51)70-64(52)62(50)68)53-31-17-20-34-58(53)69(59)61-54(45-24-9-4-10-25-45)39-48(40-55(61)46-26-11-5-12-27-46)43(2)67-65(47-28-13-6-14-29-47)66-41-44-22-7-3-8-23-44/h3-4,7,9-10,13,15-19,21,24,26,28,30-33,35-38,41-42,44-45,47-48,54,56H,2,5-6,8,11-12,14,22-23,25,27,29,39-40H2,1H3/b66-41+,67-65-/t42?,44-,45?,47?,48?,54?,56?/m0/s1. The SMILES string of the molecule is C=C(/N=C(\N=C\[C@H]1CC=CCC1)C1C=CCCC1)C1CC(C2=CCCCC2)=C(n2c3c#cccc3c3c4oc5c(ccc6c7ccccc7n(C7C=CC=CC7C)c65)c4ccc32)C(C2C=CC=CC2)C1. The number of aromatic nitrogens is 2. The van der Waals surface area contributed by atoms with Crippen LogP contribution in [0.5, 0.6) is 0 Å². The molecule has 13 rings (SSSR count). The highest BCUT2D eigenvalue weighted by Gasteiger charge is 2.39. The molecule has 6 aliphatic rings. The number of amidine groups is 1. The summed E-state index contributed by atoms with van der Waals surface area (Å²) in [5, 5.41) is 7.07. The molecule has 4 aromatic carbocycles. The smallest absolute Gasteiger partial charge is 0.159 e. The molecule has 0 saturated carbocycles. The van der Waals surface area contributed by atoms with Crippen molar-refractivity contribution in [2.24, 2.45) is 45.5 Å². The second-order valence-electron chi connectivity index (χ2n) is 21.0. The first-order valence-electron chi connectivity index (χ1n) is 26.5. The van der Waals surface area contributed by atoms with Crippen LogP contribution in [0.2, 0.25) is 0 Å². The number of hydrogen-bond donors (Lipinski definition) is 0. The van der Waals surface area contributed by atoms with Gasteiger partial charge in [-0.1, -0.05) is 123 Å². The lowest BCUT2D eigenvalue weighted by Gasteiger charge is -2.39. The predicted molar refractivity (Wildman–Crippen MR) is 294 cm³/mol. The average molecular weight is 915 g/mol. The van der Waals surface area contributed by atoms with E-state index < -0.39 is 0 Å². The van der Waals surface area contributed by atoms with Crippen LogP contribution in [0.25, 0.3) is 71.2 Å². The third kappa shape index (κ3) is 7.37. The van der Waals surface area contributed by atoms with Gasteiger partial charge in [-0.25, -0.2) is 9.98 Å². The fourth-order valence-corrected chi connectivity index (χ4v) is 13.2. The summed E-state index contributed by atoms with van der Waals surface area (Å²) >= 11 is 0. The van der Waals surface area contributed by atoms with E-state index in [1.807, 2.05) is 6.07 Å². The Hall–Kier alpha value is -6.90. The van der Waals surface area contributed by atoms with Crippen LogP contribution in [0, 0.1) is 47.6 Å². The van der Waals surface area contributed by atoms with Gasteiger partial charge in [0.1, 0.15) is 16.9 Å². The number of rotatable bonds is 8. The van der Waals surface area contributed by atoms with Gasteiger partial charge < -0.3 is 13.6 Å². The molecule has 0 N–H and O–H groups in total. The Morgan fingerprint density at radius 3 is 2.50 bits per heavy atom. The van der Waals surface area contributed by atoms with Crippen molar-refractivity contribution in [1.29, 1.82) is 0 Å². The van der Waals surface area contributed by atoms with Crippen molar-refractivity contribution in [2.75, 3.05) is 0 Å². The van der Waals surface area contributed by atoms with E-state index in [1.54, 1.807) is 0 Å². The Balaban J connectivity index is 1.02. The lowest BCUT2D eigenvalue weighted by Crippen LogP contribution is -2.29. The second-order valence-corrected chi connectivity index (χ2v) is 21.0. The minimum atomic E-state index is 0.165. The average Bonchev–Trinajstić information content (AvgIpc) is 4.08. The van der Waals surface area contributed by atoms with Gasteiger partial charge in [-0.05, 0) is 155 Å². The van der Waals surface area contributed by atoms with Crippen LogP contribution in [0.4, 0.5) is 0 Å². The van der Waals surface area contributed by atoms with Crippen LogP contribution in [-0.4, -0.2) is 21.2 Å². The van der Waals surface area contributed by atoms with Gasteiger partial charge >= 0.3 is 0 Å². The van der Waals surface area contributed by atoms with Gasteiger partial charge in [0, 0.05) is 67.8 Å². The van der Waals surface area contributed by atoms with Gasteiger partial charge in [-0.15, -0.1) is 0 Å². The third-order valence-electron chi connectivity index (χ3n) is 16.8. The maximum Gasteiger partial charge on any atom is 0.159 e. The molecule has 0 saturated heterocycles. The van der Waals surface area contributed by atoms with E-state index in [0.717, 1.165) is 119 Å². The quantitative estimate of drug-likeness (QED) is 0.0851. The van der Waals surface area contributed by atoms with Crippen molar-refractivity contribution in [3.63, 3.8) is 0 Å². The van der Waals surface area contributed by atoms with Crippen molar-refractivity contribution in [2.45, 2.75) is 96.4 Å². The van der Waals surface area contributed by atoms with Crippen LogP contribution in [0.3, 0.4) is 0 Å². The van der Waals surface area contributed by atoms with Gasteiger partial charge in [0.25, 0.3) is 0 Å². The Morgan fingerprint density at radius 1 is 0.771 bits per heavy atom. The maximum absolute atomic E-state index is 7.47. The molecule has 3 aromatic heterocycles. The minimum Gasteiger partial charge on any atom is -0.453 e. The molecule has 0 aliphatic heterocycles. The topological polar surface area (TPSA) is 47.7 Å². The van der Waals surface area contributed by atoms with Gasteiger partial charge in [0.05, 0.1) is 22.5 Å². The lowest BCUT2D eigenvalue weighted by molar-refractivity contribution is 0.363. The molecule has 3 heterocycles. The van der Waals surface area contributed by atoms with E-state index in [1.165, 1.54) is 57.9 Å². The molecule has 6 unspecified atom stereocenters. The lowest BCUT2D eigenvalue weighted by atomic mass is 9.69. The summed E-state index contributed by atoms with van der Waals surface area (Å²) in [6.45, 7) is 7.20. The van der Waals surface area contributed by atoms with E-state index in [4.69, 9.17) is 21.0 Å². The molecule has 0 fully saturated rings. The van der Waals surface area contributed by atoms with Crippen molar-refractivity contribution in [1.82, 2.24) is 9.13 Å². The van der Waals surface area contributed by atoms with Crippen molar-refractivity contribution in [3.8, 4) is 0 Å². The number of furan rings is 1. The molecule has 0 bridgehead atoms. The normalized spacial score (nSPS) is 26.3. The van der Waals surface area contributed by atoms with Crippen LogP contribution >= 0.6 is 0 Å². The summed E-state index contributed by atoms with van der Waals surface area (Å²) in [4.78, 5) is 10.8. The van der Waals surface area contributed by atoms with Gasteiger partial charge in [0.15, 0.2) is 5.58 Å². The van der Waals surface area contributed by atoms with Crippen LogP contribution in [-0.2, 0) is 0 Å². The third-order valence-corrected chi connectivity index (χ3v) is 16.8. The number of fused-ring (bicyclic) bond motifs is 11. The number of hydrogen-bond acceptors (Lipinski definition) is 2. The molecule has 6 aliphatic carbocycles. The summed E-state index contributed by atoms with van der Waals surface area (Å²) in [7, 11) is 0. The van der Waals surface area contributed by atoms with Crippen LogP contribution in [0.1, 0.15) is 96.4 Å². The summed E-state index contributed by atoms with van der Waals surface area (Å²) < 4.78 is 12.6. The molecule has 5 heteroatoms. The molecule has 0 radical (unpaired) electrons. The van der Waals surface area contributed by atoms with E-state index in [0.29, 0.717) is 17.8 Å². The first-order chi connectivity index (χ1) is 34.6. The number of benzene rings is 3. The fourth-order valence-electron chi connectivity index (χ4n) is 13.2. The molecule has 70 heavy (non-hydrogen) atoms. The number of para-hydroxylation sites is 1. The van der Waals surface area contributed by atoms with Gasteiger partial charge in [-0.3, -0.25) is 0 Å². The van der Waals surface area contributed by atoms with Crippen molar-refractivity contribution < 1.29 is 4.42 Å². The number of allylic oxidation sites excluding steroid dienone is 16. The number of aliphatic imine (C=N–C) groups is 2. The van der Waals surface area contributed by atoms with E-state index in [9.17, 15) is 0 Å². The highest BCUT2D eigenvalue weighted by Crippen LogP contribution is 2.52. The molecule has 5 nitrogen and oxygen atoms in total. The predicted octanol–water partition coefficient (Wildman–Crippen LogP) is 17.3. The zero-order valence-corrected chi connectivity index (χ0v) is 40.5. The Kier molecular flexibility index (Phi) is 11.2. The summed E-state index contributed by atoms with van der Waals surface area (Å²) in [6, 6.07) is 29.8. The monoisotopic (exact) mass is 914 g/mol. The Labute approximate surface area is 412 Å². The van der Waals surface area contributed by atoms with E-state index >= 15 is 0 Å². The molecular formula is C65H62N4O. The first-order valence-corrected chi connectivity index (χ1v) is 26.5. The van der Waals surface area contributed by atoms with Crippen LogP contribution < -0.4 is 0 Å². The molecule has 0 spiro atoms. The largest absolute Gasteiger partial charge is 0.453 e. The Bertz CT molecular complexity index is 3560. The first kappa shape index (κ1) is 43.1. The van der Waals surface area contributed by atoms with E-state index in [2.05, 4.69) is 168 Å². The number of nitrogens with zero attached hydrogens (tertiary/aromatic N) is 4. The molecule has 7 atom stereocenters. The Morgan fingerprint density at radius 2 is 1.66 bits per heavy atom. The van der Waals surface area contributed by atoms with Gasteiger partial charge in [-0.2, -0.15) is 0 Å². The molecule has 7 aromatic rings. The van der Waals surface area contributed by atoms with E-state index in [-0.39, 0.29) is 23.8 Å². The highest BCUT2D eigenvalue weighted by molar-refractivity contribution is 6.27. The minimum absolute atomic E-state index is 0.165. The highest BCUT2D eigenvalue weighted by atomic mass is 16.3. The maximum atomic E-state index is 7.47. The van der Waals surface area contributed by atoms with Crippen LogP contribution in [0.15, 0.2) is 177 Å².